The fourth-order valence-electron chi connectivity index (χ4n) is 4.29. The zero-order valence-electron chi connectivity index (χ0n) is 21.4. The molecule has 1 fully saturated rings. The Hall–Kier alpha value is -3.37. The van der Waals surface area contributed by atoms with E-state index in [1.54, 1.807) is 48.5 Å². The van der Waals surface area contributed by atoms with Crippen LogP contribution in [0.2, 0.25) is 10.0 Å². The number of carbonyl (C=O) groups excluding carboxylic acids is 2. The van der Waals surface area contributed by atoms with E-state index in [4.69, 9.17) is 27.9 Å². The second-order valence-corrected chi connectivity index (χ2v) is 11.9. The molecule has 0 saturated carbocycles. The fourth-order valence-corrected chi connectivity index (χ4v) is 6.72. The molecular formula is C29H23Cl2N3O4S2. The SMILES string of the molecule is CCOc1cccc(C2/C(=C(\O)c3ccc(C)cc3)C(=O)C(=O)N2c2nnc(SCc3ccc(Cl)cc3Cl)s2)c1. The third-order valence-corrected chi connectivity index (χ3v) is 8.91. The maximum Gasteiger partial charge on any atom is 0.301 e. The van der Waals surface area contributed by atoms with Crippen molar-refractivity contribution >= 4 is 68.9 Å². The molecule has 1 amide bonds. The number of thioether (sulfide) groups is 1. The number of hydrogen-bond acceptors (Lipinski definition) is 8. The van der Waals surface area contributed by atoms with Gasteiger partial charge in [0.25, 0.3) is 5.78 Å². The van der Waals surface area contributed by atoms with Crippen LogP contribution in [-0.2, 0) is 15.3 Å². The summed E-state index contributed by atoms with van der Waals surface area (Å²) in [4.78, 5) is 28.2. The second-order valence-electron chi connectivity index (χ2n) is 8.92. The Balaban J connectivity index is 1.54. The number of rotatable bonds is 8. The highest BCUT2D eigenvalue weighted by molar-refractivity contribution is 8.00. The molecule has 0 aliphatic carbocycles. The Kier molecular flexibility index (Phi) is 8.46. The number of Topliss-reactive ketones (excluding diaryl/α,β-unsaturated/α-hetero) is 1. The summed E-state index contributed by atoms with van der Waals surface area (Å²) in [5, 5.41) is 21.2. The minimum Gasteiger partial charge on any atom is -0.507 e. The van der Waals surface area contributed by atoms with E-state index in [0.29, 0.717) is 43.6 Å². The lowest BCUT2D eigenvalue weighted by molar-refractivity contribution is -0.132. The third-order valence-electron chi connectivity index (χ3n) is 6.22. The molecule has 1 aliphatic heterocycles. The largest absolute Gasteiger partial charge is 0.507 e. The molecule has 3 aromatic carbocycles. The van der Waals surface area contributed by atoms with Gasteiger partial charge in [-0.05, 0) is 49.2 Å². The highest BCUT2D eigenvalue weighted by atomic mass is 35.5. The lowest BCUT2D eigenvalue weighted by Gasteiger charge is -2.23. The third kappa shape index (κ3) is 5.74. The first kappa shape index (κ1) is 28.2. The average Bonchev–Trinajstić information content (AvgIpc) is 3.50. The molecule has 2 heterocycles. The number of amides is 1. The molecule has 11 heteroatoms. The predicted octanol–water partition coefficient (Wildman–Crippen LogP) is 7.47. The van der Waals surface area contributed by atoms with Gasteiger partial charge in [-0.2, -0.15) is 0 Å². The van der Waals surface area contributed by atoms with Gasteiger partial charge < -0.3 is 9.84 Å². The summed E-state index contributed by atoms with van der Waals surface area (Å²) in [5.74, 6) is -0.772. The monoisotopic (exact) mass is 611 g/mol. The number of aliphatic hydroxyl groups is 1. The summed E-state index contributed by atoms with van der Waals surface area (Å²) >= 11 is 14.9. The molecule has 1 unspecified atom stereocenters. The first-order chi connectivity index (χ1) is 19.3. The minimum atomic E-state index is -0.932. The molecular weight excluding hydrogens is 589 g/mol. The maximum absolute atomic E-state index is 13.5. The van der Waals surface area contributed by atoms with Crippen molar-refractivity contribution in [1.82, 2.24) is 10.2 Å². The zero-order valence-corrected chi connectivity index (χ0v) is 24.6. The summed E-state index contributed by atoms with van der Waals surface area (Å²) in [6.45, 7) is 4.24. The number of halogens is 2. The van der Waals surface area contributed by atoms with Crippen LogP contribution in [-0.4, -0.2) is 33.6 Å². The van der Waals surface area contributed by atoms with Crippen LogP contribution < -0.4 is 9.64 Å². The highest BCUT2D eigenvalue weighted by Gasteiger charge is 2.48. The van der Waals surface area contributed by atoms with Gasteiger partial charge in [-0.1, -0.05) is 94.3 Å². The van der Waals surface area contributed by atoms with Crippen molar-refractivity contribution in [2.75, 3.05) is 11.5 Å². The van der Waals surface area contributed by atoms with Gasteiger partial charge in [-0.3, -0.25) is 14.5 Å². The number of aryl methyl sites for hydroxylation is 1. The van der Waals surface area contributed by atoms with Crippen LogP contribution in [0.15, 0.2) is 76.6 Å². The smallest absolute Gasteiger partial charge is 0.301 e. The Bertz CT molecular complexity index is 1620. The summed E-state index contributed by atoms with van der Waals surface area (Å²) in [5.41, 5.74) is 2.87. The standard InChI is InChI=1S/C29H23Cl2N3O4S2/c1-3-38-21-6-4-5-18(13-21)24-23(25(35)17-9-7-16(2)8-10-17)26(36)27(37)34(24)28-32-33-29(40-28)39-15-19-11-12-20(30)14-22(19)31/h4-14,24,35H,3,15H2,1-2H3/b25-23+. The van der Waals surface area contributed by atoms with Crippen molar-refractivity contribution < 1.29 is 19.4 Å². The molecule has 0 radical (unpaired) electrons. The van der Waals surface area contributed by atoms with Crippen molar-refractivity contribution in [3.8, 4) is 5.75 Å². The Morgan fingerprint density at radius 2 is 1.85 bits per heavy atom. The van der Waals surface area contributed by atoms with Crippen molar-refractivity contribution in [3.05, 3.63) is 105 Å². The van der Waals surface area contributed by atoms with Gasteiger partial charge in [-0.25, -0.2) is 0 Å². The Labute approximate surface area is 249 Å². The van der Waals surface area contributed by atoms with Crippen molar-refractivity contribution in [2.24, 2.45) is 0 Å². The number of nitrogens with zero attached hydrogens (tertiary/aromatic N) is 3. The van der Waals surface area contributed by atoms with E-state index >= 15 is 0 Å². The van der Waals surface area contributed by atoms with Crippen molar-refractivity contribution in [3.63, 3.8) is 0 Å². The molecule has 1 aliphatic rings. The molecule has 1 aromatic heterocycles. The van der Waals surface area contributed by atoms with Crippen LogP contribution in [0.5, 0.6) is 5.75 Å². The number of hydrogen-bond donors (Lipinski definition) is 1. The Morgan fingerprint density at radius 3 is 2.58 bits per heavy atom. The molecule has 204 valence electrons. The van der Waals surface area contributed by atoms with Gasteiger partial charge in [0.2, 0.25) is 5.13 Å². The Morgan fingerprint density at radius 1 is 1.07 bits per heavy atom. The van der Waals surface area contributed by atoms with Crippen LogP contribution in [0.25, 0.3) is 5.76 Å². The van der Waals surface area contributed by atoms with Gasteiger partial charge in [0.1, 0.15) is 11.5 Å². The van der Waals surface area contributed by atoms with Crippen LogP contribution in [0, 0.1) is 6.92 Å². The van der Waals surface area contributed by atoms with E-state index in [-0.39, 0.29) is 16.5 Å². The summed E-state index contributed by atoms with van der Waals surface area (Å²) in [6.07, 6.45) is 0. The lowest BCUT2D eigenvalue weighted by Crippen LogP contribution is -2.29. The van der Waals surface area contributed by atoms with Gasteiger partial charge in [0.05, 0.1) is 18.2 Å². The van der Waals surface area contributed by atoms with E-state index in [0.717, 1.165) is 11.1 Å². The number of carbonyl (C=O) groups is 2. The number of ether oxygens (including phenoxy) is 1. The quantitative estimate of drug-likeness (QED) is 0.0726. The number of aromatic nitrogens is 2. The van der Waals surface area contributed by atoms with Crippen LogP contribution in [0.4, 0.5) is 5.13 Å². The fraction of sp³-hybridized carbons (Fsp3) is 0.172. The number of ketones is 1. The first-order valence-corrected chi connectivity index (χ1v) is 14.8. The van der Waals surface area contributed by atoms with E-state index in [1.807, 2.05) is 32.0 Å². The number of benzene rings is 3. The van der Waals surface area contributed by atoms with Crippen LogP contribution >= 0.6 is 46.3 Å². The van der Waals surface area contributed by atoms with E-state index in [1.165, 1.54) is 28.0 Å². The molecule has 5 rings (SSSR count). The highest BCUT2D eigenvalue weighted by Crippen LogP contribution is 2.44. The number of anilines is 1. The van der Waals surface area contributed by atoms with Crippen molar-refractivity contribution in [1.29, 1.82) is 0 Å². The molecule has 1 N–H and O–H groups in total. The average molecular weight is 613 g/mol. The zero-order chi connectivity index (χ0) is 28.4. The molecule has 0 bridgehead atoms. The topological polar surface area (TPSA) is 92.6 Å². The number of aliphatic hydroxyl groups excluding tert-OH is 1. The van der Waals surface area contributed by atoms with Gasteiger partial charge in [0, 0.05) is 21.4 Å². The predicted molar refractivity (Wildman–Crippen MR) is 160 cm³/mol. The molecule has 40 heavy (non-hydrogen) atoms. The van der Waals surface area contributed by atoms with E-state index in [9.17, 15) is 14.7 Å². The van der Waals surface area contributed by atoms with Crippen LogP contribution in [0.1, 0.15) is 35.2 Å². The van der Waals surface area contributed by atoms with Gasteiger partial charge >= 0.3 is 5.91 Å². The molecule has 1 saturated heterocycles. The normalized spacial score (nSPS) is 16.5. The first-order valence-electron chi connectivity index (χ1n) is 12.3. The summed E-state index contributed by atoms with van der Waals surface area (Å²) in [7, 11) is 0. The molecule has 0 spiro atoms. The lowest BCUT2D eigenvalue weighted by atomic mass is 9.95. The second kappa shape index (κ2) is 12.0. The maximum atomic E-state index is 13.5. The summed E-state index contributed by atoms with van der Waals surface area (Å²) in [6, 6.07) is 18.6. The van der Waals surface area contributed by atoms with E-state index < -0.39 is 17.7 Å². The van der Waals surface area contributed by atoms with E-state index in [2.05, 4.69) is 10.2 Å². The minimum absolute atomic E-state index is 0.0279. The summed E-state index contributed by atoms with van der Waals surface area (Å²) < 4.78 is 6.26. The van der Waals surface area contributed by atoms with Crippen molar-refractivity contribution in [2.45, 2.75) is 30.0 Å². The van der Waals surface area contributed by atoms with Crippen LogP contribution in [0.3, 0.4) is 0 Å². The van der Waals surface area contributed by atoms with Gasteiger partial charge in [-0.15, -0.1) is 10.2 Å². The molecule has 4 aromatic rings. The molecule has 1 atom stereocenters. The van der Waals surface area contributed by atoms with Gasteiger partial charge in [0.15, 0.2) is 4.34 Å². The molecule has 7 nitrogen and oxygen atoms in total.